The third kappa shape index (κ3) is 2.57. The Hall–Kier alpha value is -1.33. The molecule has 1 aromatic carbocycles. The predicted molar refractivity (Wildman–Crippen MR) is 58.7 cm³/mol. The number of hydrogen-bond acceptors (Lipinski definition) is 1. The molecule has 1 unspecified atom stereocenters. The molecule has 0 spiro atoms. The maximum absolute atomic E-state index is 12.8. The zero-order valence-corrected chi connectivity index (χ0v) is 8.54. The van der Waals surface area contributed by atoms with Gasteiger partial charge in [-0.15, -0.1) is 6.42 Å². The van der Waals surface area contributed by atoms with Crippen LogP contribution in [0.2, 0.25) is 0 Å². The normalized spacial score (nSPS) is 17.1. The molecule has 1 N–H and O–H groups in total. The number of hydrogen-bond donors (Lipinski definition) is 1. The van der Waals surface area contributed by atoms with Gasteiger partial charge in [-0.05, 0) is 36.5 Å². The third-order valence-electron chi connectivity index (χ3n) is 2.75. The van der Waals surface area contributed by atoms with E-state index in [1.807, 2.05) is 12.1 Å². The van der Waals surface area contributed by atoms with Crippen molar-refractivity contribution in [3.05, 3.63) is 35.6 Å². The molecule has 0 bridgehead atoms. The summed E-state index contributed by atoms with van der Waals surface area (Å²) in [4.78, 5) is 0. The van der Waals surface area contributed by atoms with Gasteiger partial charge in [-0.1, -0.05) is 18.1 Å². The summed E-state index contributed by atoms with van der Waals surface area (Å²) in [5.74, 6) is 3.06. The molecule has 0 amide bonds. The highest BCUT2D eigenvalue weighted by Gasteiger charge is 2.31. The first-order chi connectivity index (χ1) is 7.31. The summed E-state index contributed by atoms with van der Waals surface area (Å²) in [6, 6.07) is 6.97. The van der Waals surface area contributed by atoms with E-state index in [9.17, 15) is 4.39 Å². The monoisotopic (exact) mass is 203 g/mol. The Bertz CT molecular complexity index is 359. The number of nitrogens with one attached hydrogen (secondary N) is 1. The van der Waals surface area contributed by atoms with Gasteiger partial charge in [-0.25, -0.2) is 4.39 Å². The van der Waals surface area contributed by atoms with Crippen LogP contribution in [0.4, 0.5) is 4.39 Å². The van der Waals surface area contributed by atoms with E-state index in [4.69, 9.17) is 6.42 Å². The molecule has 0 saturated heterocycles. The van der Waals surface area contributed by atoms with E-state index in [1.165, 1.54) is 25.0 Å². The molecule has 78 valence electrons. The highest BCUT2D eigenvalue weighted by atomic mass is 19.1. The van der Waals surface area contributed by atoms with E-state index in [-0.39, 0.29) is 5.82 Å². The SMILES string of the molecule is C#CCNC(c1ccc(F)cc1)C1CC1. The number of benzene rings is 1. The molecular formula is C13H14FN. The van der Waals surface area contributed by atoms with Crippen molar-refractivity contribution in [3.63, 3.8) is 0 Å². The lowest BCUT2D eigenvalue weighted by atomic mass is 10.0. The number of terminal acetylenes is 1. The smallest absolute Gasteiger partial charge is 0.123 e. The van der Waals surface area contributed by atoms with E-state index in [0.717, 1.165) is 5.56 Å². The lowest BCUT2D eigenvalue weighted by Crippen LogP contribution is -2.23. The topological polar surface area (TPSA) is 12.0 Å². The molecule has 1 aliphatic rings. The predicted octanol–water partition coefficient (Wildman–Crippen LogP) is 2.50. The molecule has 2 rings (SSSR count). The van der Waals surface area contributed by atoms with Gasteiger partial charge in [0.25, 0.3) is 0 Å². The lowest BCUT2D eigenvalue weighted by Gasteiger charge is -2.17. The van der Waals surface area contributed by atoms with Crippen LogP contribution in [0.15, 0.2) is 24.3 Å². The van der Waals surface area contributed by atoms with Crippen molar-refractivity contribution in [1.29, 1.82) is 0 Å². The molecule has 0 aromatic heterocycles. The van der Waals surface area contributed by atoms with Crippen molar-refractivity contribution in [1.82, 2.24) is 5.32 Å². The van der Waals surface area contributed by atoms with Gasteiger partial charge in [0, 0.05) is 6.04 Å². The standard InChI is InChI=1S/C13H14FN/c1-2-9-15-13(10-3-4-10)11-5-7-12(14)8-6-11/h1,5-8,10,13,15H,3-4,9H2. The van der Waals surface area contributed by atoms with E-state index in [2.05, 4.69) is 11.2 Å². The molecule has 1 aliphatic carbocycles. The summed E-state index contributed by atoms with van der Waals surface area (Å²) in [6.07, 6.45) is 7.70. The molecular weight excluding hydrogens is 189 g/mol. The van der Waals surface area contributed by atoms with Crippen LogP contribution in [0.5, 0.6) is 0 Å². The van der Waals surface area contributed by atoms with Crippen LogP contribution in [0.3, 0.4) is 0 Å². The summed E-state index contributed by atoms with van der Waals surface area (Å²) in [5, 5.41) is 3.31. The van der Waals surface area contributed by atoms with Gasteiger partial charge in [0.15, 0.2) is 0 Å². The Labute approximate surface area is 89.7 Å². The molecule has 1 nitrogen and oxygen atoms in total. The van der Waals surface area contributed by atoms with Crippen LogP contribution in [-0.4, -0.2) is 6.54 Å². The first-order valence-corrected chi connectivity index (χ1v) is 5.23. The van der Waals surface area contributed by atoms with Gasteiger partial charge in [0.1, 0.15) is 5.82 Å². The molecule has 0 heterocycles. The van der Waals surface area contributed by atoms with Gasteiger partial charge in [0.2, 0.25) is 0 Å². The molecule has 2 heteroatoms. The molecule has 0 aliphatic heterocycles. The van der Waals surface area contributed by atoms with Crippen LogP contribution >= 0.6 is 0 Å². The fourth-order valence-corrected chi connectivity index (χ4v) is 1.83. The number of rotatable bonds is 4. The van der Waals surface area contributed by atoms with Gasteiger partial charge in [-0.2, -0.15) is 0 Å². The molecule has 1 saturated carbocycles. The summed E-state index contributed by atoms with van der Waals surface area (Å²) in [5.41, 5.74) is 1.13. The van der Waals surface area contributed by atoms with Crippen molar-refractivity contribution in [2.75, 3.05) is 6.54 Å². The van der Waals surface area contributed by atoms with Crippen LogP contribution in [0, 0.1) is 24.1 Å². The second-order valence-corrected chi connectivity index (χ2v) is 3.95. The minimum atomic E-state index is -0.190. The molecule has 15 heavy (non-hydrogen) atoms. The van der Waals surface area contributed by atoms with E-state index in [1.54, 1.807) is 0 Å². The summed E-state index contributed by atoms with van der Waals surface area (Å²) in [7, 11) is 0. The van der Waals surface area contributed by atoms with Crippen molar-refractivity contribution in [2.45, 2.75) is 18.9 Å². The van der Waals surface area contributed by atoms with Crippen molar-refractivity contribution in [3.8, 4) is 12.3 Å². The van der Waals surface area contributed by atoms with E-state index in [0.29, 0.717) is 18.5 Å². The Morgan fingerprint density at radius 2 is 2.07 bits per heavy atom. The Balaban J connectivity index is 2.10. The van der Waals surface area contributed by atoms with Crippen molar-refractivity contribution >= 4 is 0 Å². The van der Waals surface area contributed by atoms with Gasteiger partial charge >= 0.3 is 0 Å². The van der Waals surface area contributed by atoms with Crippen LogP contribution in [0.25, 0.3) is 0 Å². The first-order valence-electron chi connectivity index (χ1n) is 5.23. The fourth-order valence-electron chi connectivity index (χ4n) is 1.83. The van der Waals surface area contributed by atoms with E-state index < -0.39 is 0 Å². The Morgan fingerprint density at radius 1 is 1.40 bits per heavy atom. The third-order valence-corrected chi connectivity index (χ3v) is 2.75. The summed E-state index contributed by atoms with van der Waals surface area (Å²) >= 11 is 0. The number of halogens is 1. The molecule has 1 fully saturated rings. The van der Waals surface area contributed by atoms with Crippen molar-refractivity contribution < 1.29 is 4.39 Å². The van der Waals surface area contributed by atoms with Crippen LogP contribution in [0.1, 0.15) is 24.4 Å². The van der Waals surface area contributed by atoms with Crippen LogP contribution in [-0.2, 0) is 0 Å². The molecule has 0 radical (unpaired) electrons. The van der Waals surface area contributed by atoms with Gasteiger partial charge in [0.05, 0.1) is 6.54 Å². The quantitative estimate of drug-likeness (QED) is 0.741. The largest absolute Gasteiger partial charge is 0.299 e. The van der Waals surface area contributed by atoms with Crippen LogP contribution < -0.4 is 5.32 Å². The maximum Gasteiger partial charge on any atom is 0.123 e. The minimum absolute atomic E-state index is 0.190. The lowest BCUT2D eigenvalue weighted by molar-refractivity contribution is 0.509. The van der Waals surface area contributed by atoms with Crippen molar-refractivity contribution in [2.24, 2.45) is 5.92 Å². The fraction of sp³-hybridized carbons (Fsp3) is 0.385. The zero-order valence-electron chi connectivity index (χ0n) is 8.54. The zero-order chi connectivity index (χ0) is 10.7. The maximum atomic E-state index is 12.8. The van der Waals surface area contributed by atoms with E-state index >= 15 is 0 Å². The highest BCUT2D eigenvalue weighted by Crippen LogP contribution is 2.40. The summed E-state index contributed by atoms with van der Waals surface area (Å²) < 4.78 is 12.8. The second kappa shape index (κ2) is 4.46. The average molecular weight is 203 g/mol. The Morgan fingerprint density at radius 3 is 2.60 bits per heavy atom. The highest BCUT2D eigenvalue weighted by molar-refractivity contribution is 5.22. The first kappa shape index (κ1) is 10.2. The molecule has 1 aromatic rings. The van der Waals surface area contributed by atoms with Gasteiger partial charge < -0.3 is 0 Å². The Kier molecular flexibility index (Phi) is 3.03. The average Bonchev–Trinajstić information content (AvgIpc) is 3.05. The summed E-state index contributed by atoms with van der Waals surface area (Å²) in [6.45, 7) is 0.568. The van der Waals surface area contributed by atoms with Gasteiger partial charge in [-0.3, -0.25) is 5.32 Å². The minimum Gasteiger partial charge on any atom is -0.299 e. The second-order valence-electron chi connectivity index (χ2n) is 3.95. The molecule has 1 atom stereocenters.